The van der Waals surface area contributed by atoms with E-state index in [1.54, 1.807) is 0 Å². The first-order valence-electron chi connectivity index (χ1n) is 2.79. The molecule has 1 fully saturated rings. The molecule has 0 spiro atoms. The van der Waals surface area contributed by atoms with Crippen molar-refractivity contribution in [2.75, 3.05) is 0 Å². The number of rotatable bonds is 0. The van der Waals surface area contributed by atoms with Gasteiger partial charge in [-0.3, -0.25) is 0 Å². The summed E-state index contributed by atoms with van der Waals surface area (Å²) in [5, 5.41) is 0. The van der Waals surface area contributed by atoms with E-state index in [1.807, 2.05) is 0 Å². The summed E-state index contributed by atoms with van der Waals surface area (Å²) in [7, 11) is 0. The molecule has 0 unspecified atom stereocenters. The molecule has 0 aliphatic heterocycles. The van der Waals surface area contributed by atoms with Crippen LogP contribution < -0.4 is 0 Å². The number of hydrogen-bond donors (Lipinski definition) is 0. The molecule has 0 N–H and O–H groups in total. The van der Waals surface area contributed by atoms with E-state index in [4.69, 9.17) is 0 Å². The van der Waals surface area contributed by atoms with Gasteiger partial charge in [0.1, 0.15) is 0 Å². The molecule has 66 valence electrons. The molecule has 0 saturated heterocycles. The molecule has 1 rings (SSSR count). The van der Waals surface area contributed by atoms with E-state index >= 15 is 0 Å². The monoisotopic (exact) mass is 178 g/mol. The van der Waals surface area contributed by atoms with Crippen molar-refractivity contribution in [3.63, 3.8) is 0 Å². The Balaban J connectivity index is 2.98. The number of alkyl halides is 6. The van der Waals surface area contributed by atoms with E-state index in [1.165, 1.54) is 0 Å². The van der Waals surface area contributed by atoms with Crippen molar-refractivity contribution in [1.82, 2.24) is 0 Å². The molecule has 0 radical (unpaired) electrons. The van der Waals surface area contributed by atoms with Crippen LogP contribution in [0.2, 0.25) is 0 Å². The average Bonchev–Trinajstić information content (AvgIpc) is 1.84. The van der Waals surface area contributed by atoms with Crippen LogP contribution >= 0.6 is 0 Å². The lowest BCUT2D eigenvalue weighted by Gasteiger charge is -2.48. The van der Waals surface area contributed by atoms with Gasteiger partial charge in [-0.15, -0.1) is 0 Å². The Morgan fingerprint density at radius 2 is 1.09 bits per heavy atom. The van der Waals surface area contributed by atoms with Crippen LogP contribution in [0.4, 0.5) is 26.3 Å². The molecule has 0 nitrogen and oxygen atoms in total. The highest BCUT2D eigenvalue weighted by atomic mass is 19.4. The third kappa shape index (κ3) is 0.629. The second-order valence-electron chi connectivity index (χ2n) is 2.54. The van der Waals surface area contributed by atoms with E-state index in [0.717, 1.165) is 0 Å². The molecule has 0 aromatic rings. The summed E-state index contributed by atoms with van der Waals surface area (Å²) in [6.45, 7) is 0.400. The molecular formula is C5H4F6. The maximum Gasteiger partial charge on any atom is 0.372 e. The Kier molecular flexibility index (Phi) is 1.31. The van der Waals surface area contributed by atoms with Gasteiger partial charge >= 0.3 is 17.8 Å². The second-order valence-corrected chi connectivity index (χ2v) is 2.54. The molecule has 11 heavy (non-hydrogen) atoms. The smallest absolute Gasteiger partial charge is 0.199 e. The van der Waals surface area contributed by atoms with Crippen molar-refractivity contribution in [2.24, 2.45) is 5.92 Å². The molecule has 6 heteroatoms. The Labute approximate surface area is 58.2 Å². The zero-order valence-corrected chi connectivity index (χ0v) is 5.35. The van der Waals surface area contributed by atoms with Crippen LogP contribution in [-0.2, 0) is 0 Å². The van der Waals surface area contributed by atoms with Crippen LogP contribution in [0.1, 0.15) is 6.92 Å². The standard InChI is InChI=1S/C5H4F6/c1-2-3(6,7)5(10,11)4(2,8)9/h2H,1H3. The summed E-state index contributed by atoms with van der Waals surface area (Å²) in [5.41, 5.74) is 0. The van der Waals surface area contributed by atoms with Gasteiger partial charge in [0.05, 0.1) is 5.92 Å². The minimum atomic E-state index is -5.18. The van der Waals surface area contributed by atoms with Gasteiger partial charge in [-0.1, -0.05) is 6.92 Å². The Hall–Kier alpha value is -0.420. The van der Waals surface area contributed by atoms with Crippen molar-refractivity contribution >= 4 is 0 Å². The highest BCUT2D eigenvalue weighted by molar-refractivity contribution is 5.14. The topological polar surface area (TPSA) is 0 Å². The fraction of sp³-hybridized carbons (Fsp3) is 1.00. The molecule has 0 bridgehead atoms. The third-order valence-corrected chi connectivity index (χ3v) is 1.92. The SMILES string of the molecule is CC1C(F)(F)C(F)(F)C1(F)F. The summed E-state index contributed by atoms with van der Waals surface area (Å²) in [5.74, 6) is -16.9. The lowest BCUT2D eigenvalue weighted by Crippen LogP contribution is -2.73. The predicted molar refractivity (Wildman–Crippen MR) is 24.0 cm³/mol. The van der Waals surface area contributed by atoms with Gasteiger partial charge in [0.15, 0.2) is 0 Å². The van der Waals surface area contributed by atoms with Crippen LogP contribution in [0, 0.1) is 5.92 Å². The van der Waals surface area contributed by atoms with Gasteiger partial charge in [-0.05, 0) is 0 Å². The van der Waals surface area contributed by atoms with E-state index in [0.29, 0.717) is 6.92 Å². The van der Waals surface area contributed by atoms with Crippen LogP contribution in [-0.4, -0.2) is 17.8 Å². The van der Waals surface area contributed by atoms with Gasteiger partial charge in [-0.25, -0.2) is 0 Å². The maximum absolute atomic E-state index is 12.0. The zero-order valence-electron chi connectivity index (χ0n) is 5.35. The Morgan fingerprint density at radius 3 is 1.18 bits per heavy atom. The van der Waals surface area contributed by atoms with Crippen molar-refractivity contribution in [3.8, 4) is 0 Å². The summed E-state index contributed by atoms with van der Waals surface area (Å²) >= 11 is 0. The van der Waals surface area contributed by atoms with Crippen molar-refractivity contribution in [3.05, 3.63) is 0 Å². The molecule has 1 aliphatic rings. The first-order valence-corrected chi connectivity index (χ1v) is 2.79. The van der Waals surface area contributed by atoms with Crippen LogP contribution in [0.25, 0.3) is 0 Å². The normalized spacial score (nSPS) is 33.0. The Morgan fingerprint density at radius 1 is 0.818 bits per heavy atom. The summed E-state index contributed by atoms with van der Waals surface area (Å²) < 4.78 is 71.6. The quantitative estimate of drug-likeness (QED) is 0.500. The lowest BCUT2D eigenvalue weighted by atomic mass is 9.74. The van der Waals surface area contributed by atoms with E-state index < -0.39 is 23.7 Å². The third-order valence-electron chi connectivity index (χ3n) is 1.92. The minimum Gasteiger partial charge on any atom is -0.199 e. The van der Waals surface area contributed by atoms with Gasteiger partial charge in [-0.2, -0.15) is 26.3 Å². The molecule has 0 heterocycles. The fourth-order valence-electron chi connectivity index (χ4n) is 0.916. The van der Waals surface area contributed by atoms with Gasteiger partial charge in [0.2, 0.25) is 0 Å². The number of hydrogen-bond acceptors (Lipinski definition) is 0. The van der Waals surface area contributed by atoms with Gasteiger partial charge in [0, 0.05) is 0 Å². The lowest BCUT2D eigenvalue weighted by molar-refractivity contribution is -0.431. The van der Waals surface area contributed by atoms with E-state index in [9.17, 15) is 26.3 Å². The molecular weight excluding hydrogens is 174 g/mol. The van der Waals surface area contributed by atoms with E-state index in [-0.39, 0.29) is 0 Å². The molecule has 1 saturated carbocycles. The van der Waals surface area contributed by atoms with Crippen LogP contribution in [0.15, 0.2) is 0 Å². The van der Waals surface area contributed by atoms with Crippen molar-refractivity contribution < 1.29 is 26.3 Å². The number of halogens is 6. The van der Waals surface area contributed by atoms with Crippen molar-refractivity contribution in [2.45, 2.75) is 24.7 Å². The molecule has 0 amide bonds. The van der Waals surface area contributed by atoms with Crippen LogP contribution in [0.5, 0.6) is 0 Å². The fourth-order valence-corrected chi connectivity index (χ4v) is 0.916. The van der Waals surface area contributed by atoms with Gasteiger partial charge in [0.25, 0.3) is 0 Å². The van der Waals surface area contributed by atoms with Crippen molar-refractivity contribution in [1.29, 1.82) is 0 Å². The Bertz CT molecular complexity index is 165. The second kappa shape index (κ2) is 1.67. The minimum absolute atomic E-state index is 0.400. The average molecular weight is 178 g/mol. The molecule has 0 atom stereocenters. The van der Waals surface area contributed by atoms with E-state index in [2.05, 4.69) is 0 Å². The summed E-state index contributed by atoms with van der Waals surface area (Å²) in [6, 6.07) is 0. The summed E-state index contributed by atoms with van der Waals surface area (Å²) in [4.78, 5) is 0. The summed E-state index contributed by atoms with van der Waals surface area (Å²) in [6.07, 6.45) is 0. The largest absolute Gasteiger partial charge is 0.372 e. The first-order chi connectivity index (χ1) is 4.65. The first kappa shape index (κ1) is 8.67. The molecule has 1 aliphatic carbocycles. The van der Waals surface area contributed by atoms with Crippen LogP contribution in [0.3, 0.4) is 0 Å². The molecule has 0 aromatic heterocycles. The maximum atomic E-state index is 12.0. The molecule has 0 aromatic carbocycles. The predicted octanol–water partition coefficient (Wildman–Crippen LogP) is 2.54. The van der Waals surface area contributed by atoms with Gasteiger partial charge < -0.3 is 0 Å². The highest BCUT2D eigenvalue weighted by Gasteiger charge is 2.88. The zero-order chi connectivity index (χ0) is 9.08. The highest BCUT2D eigenvalue weighted by Crippen LogP contribution is 2.64.